The van der Waals surface area contributed by atoms with Gasteiger partial charge < -0.3 is 14.7 Å². The SMILES string of the molecule is CC(C)C(N)=N[C@@](C)(CS(=O)O)c1sc(-c2cc(F)cc(-c3nnco3)c2)cc1Cl. The molecule has 7 nitrogen and oxygen atoms in total. The smallest absolute Gasteiger partial charge is 0.247 e. The summed E-state index contributed by atoms with van der Waals surface area (Å²) in [6.45, 7) is 5.46. The third-order valence-electron chi connectivity index (χ3n) is 4.34. The predicted octanol–water partition coefficient (Wildman–Crippen LogP) is 4.71. The van der Waals surface area contributed by atoms with Gasteiger partial charge in [0.15, 0.2) is 11.1 Å². The molecule has 0 aliphatic heterocycles. The first-order chi connectivity index (χ1) is 14.1. The van der Waals surface area contributed by atoms with Gasteiger partial charge in [-0.3, -0.25) is 4.99 Å². The number of benzene rings is 1. The molecule has 0 saturated carbocycles. The number of amidine groups is 1. The number of halogens is 2. The van der Waals surface area contributed by atoms with Crippen molar-refractivity contribution in [2.45, 2.75) is 26.3 Å². The molecule has 11 heteroatoms. The summed E-state index contributed by atoms with van der Waals surface area (Å²) in [5.74, 6) is -0.175. The van der Waals surface area contributed by atoms with Crippen LogP contribution in [0.15, 0.2) is 40.1 Å². The largest absolute Gasteiger partial charge is 0.423 e. The predicted molar refractivity (Wildman–Crippen MR) is 117 cm³/mol. The first-order valence-electron chi connectivity index (χ1n) is 8.89. The lowest BCUT2D eigenvalue weighted by Crippen LogP contribution is -2.31. The molecule has 0 aliphatic rings. The second kappa shape index (κ2) is 8.93. The Bertz CT molecular complexity index is 1100. The summed E-state index contributed by atoms with van der Waals surface area (Å²) >= 11 is 5.61. The minimum atomic E-state index is -2.14. The van der Waals surface area contributed by atoms with Gasteiger partial charge in [-0.05, 0) is 36.8 Å². The lowest BCUT2D eigenvalue weighted by Gasteiger charge is -2.24. The Hall–Kier alpha value is -2.14. The number of nitrogens with two attached hydrogens (primary N) is 1. The Morgan fingerprint density at radius 1 is 1.40 bits per heavy atom. The van der Waals surface area contributed by atoms with Gasteiger partial charge in [0.25, 0.3) is 0 Å². The summed E-state index contributed by atoms with van der Waals surface area (Å²) in [6, 6.07) is 6.03. The van der Waals surface area contributed by atoms with Gasteiger partial charge in [0.2, 0.25) is 12.3 Å². The number of hydrogen-bond acceptors (Lipinski definition) is 6. The van der Waals surface area contributed by atoms with Crippen molar-refractivity contribution >= 4 is 39.9 Å². The van der Waals surface area contributed by atoms with Crippen molar-refractivity contribution in [3.05, 3.63) is 46.4 Å². The van der Waals surface area contributed by atoms with Gasteiger partial charge in [-0.1, -0.05) is 25.4 Å². The second-order valence-corrected chi connectivity index (χ2v) is 9.58. The fraction of sp³-hybridized carbons (Fsp3) is 0.316. The molecular formula is C19H20ClFN4O3S2. The maximum atomic E-state index is 14.2. The van der Waals surface area contributed by atoms with Crippen molar-refractivity contribution in [2.24, 2.45) is 16.6 Å². The highest BCUT2D eigenvalue weighted by Gasteiger charge is 2.34. The van der Waals surface area contributed by atoms with Crippen LogP contribution in [0.3, 0.4) is 0 Å². The van der Waals surface area contributed by atoms with E-state index in [1.807, 2.05) is 13.8 Å². The van der Waals surface area contributed by atoms with Crippen molar-refractivity contribution in [1.82, 2.24) is 10.2 Å². The minimum Gasteiger partial charge on any atom is -0.423 e. The normalized spacial score (nSPS) is 15.4. The standard InChI is InChI=1S/C19H20ClFN4O3S2/c1-10(2)17(22)24-19(3,8-30(26)27)16-14(20)7-15(29-16)11-4-12(6-13(21)5-11)18-25-23-9-28-18/h4-7,9-10H,8H2,1-3H3,(H2,22,24)(H,26,27)/t19-/m0/s1. The van der Waals surface area contributed by atoms with Crippen LogP contribution < -0.4 is 5.73 Å². The molecule has 0 aliphatic carbocycles. The Balaban J connectivity index is 2.10. The van der Waals surface area contributed by atoms with Crippen molar-refractivity contribution < 1.29 is 17.6 Å². The van der Waals surface area contributed by atoms with Crippen LogP contribution in [0, 0.1) is 11.7 Å². The fourth-order valence-corrected chi connectivity index (χ4v) is 5.24. The second-order valence-electron chi connectivity index (χ2n) is 7.19. The van der Waals surface area contributed by atoms with E-state index in [9.17, 15) is 13.2 Å². The van der Waals surface area contributed by atoms with E-state index in [1.165, 1.54) is 23.5 Å². The minimum absolute atomic E-state index is 0.0464. The summed E-state index contributed by atoms with van der Waals surface area (Å²) in [7, 11) is 0. The zero-order valence-electron chi connectivity index (χ0n) is 16.4. The van der Waals surface area contributed by atoms with Crippen LogP contribution in [0.25, 0.3) is 21.9 Å². The van der Waals surface area contributed by atoms with Crippen molar-refractivity contribution in [3.63, 3.8) is 0 Å². The highest BCUT2D eigenvalue weighted by molar-refractivity contribution is 7.79. The molecule has 3 rings (SSSR count). The maximum absolute atomic E-state index is 14.2. The van der Waals surface area contributed by atoms with Crippen LogP contribution in [0.1, 0.15) is 25.6 Å². The van der Waals surface area contributed by atoms with E-state index in [0.29, 0.717) is 31.7 Å². The van der Waals surface area contributed by atoms with Gasteiger partial charge in [0.05, 0.1) is 21.5 Å². The van der Waals surface area contributed by atoms with Crippen molar-refractivity contribution in [3.8, 4) is 21.9 Å². The first-order valence-corrected chi connectivity index (χ1v) is 11.4. The molecule has 0 fully saturated rings. The molecule has 160 valence electrons. The molecule has 0 saturated heterocycles. The topological polar surface area (TPSA) is 115 Å². The third-order valence-corrected chi connectivity index (χ3v) is 6.99. The molecule has 0 radical (unpaired) electrons. The van der Waals surface area contributed by atoms with Crippen LogP contribution in [0.5, 0.6) is 0 Å². The number of nitrogens with zero attached hydrogens (tertiary/aromatic N) is 3. The Labute approximate surface area is 184 Å². The third kappa shape index (κ3) is 4.94. The van der Waals surface area contributed by atoms with Crippen molar-refractivity contribution in [1.29, 1.82) is 0 Å². The number of aromatic nitrogens is 2. The van der Waals surface area contributed by atoms with E-state index in [-0.39, 0.29) is 17.6 Å². The molecule has 0 amide bonds. The van der Waals surface area contributed by atoms with Crippen LogP contribution in [0.4, 0.5) is 4.39 Å². The van der Waals surface area contributed by atoms with Gasteiger partial charge in [-0.25, -0.2) is 8.60 Å². The number of rotatable bonds is 7. The van der Waals surface area contributed by atoms with E-state index < -0.39 is 22.4 Å². The van der Waals surface area contributed by atoms with Gasteiger partial charge in [0.1, 0.15) is 11.4 Å². The average Bonchev–Trinajstić information content (AvgIpc) is 3.30. The summed E-state index contributed by atoms with van der Waals surface area (Å²) in [5, 5.41) is 7.77. The number of hydrogen-bond donors (Lipinski definition) is 2. The van der Waals surface area contributed by atoms with E-state index >= 15 is 0 Å². The summed E-state index contributed by atoms with van der Waals surface area (Å²) in [6.07, 6.45) is 1.16. The van der Waals surface area contributed by atoms with Gasteiger partial charge in [-0.15, -0.1) is 21.5 Å². The Kier molecular flexibility index (Phi) is 6.71. The van der Waals surface area contributed by atoms with E-state index in [1.54, 1.807) is 19.1 Å². The number of aliphatic imine (C=N–C) groups is 1. The molecular weight excluding hydrogens is 451 g/mol. The highest BCUT2D eigenvalue weighted by atomic mass is 35.5. The van der Waals surface area contributed by atoms with E-state index in [0.717, 1.165) is 6.39 Å². The molecule has 2 heterocycles. The average molecular weight is 471 g/mol. The summed E-state index contributed by atoms with van der Waals surface area (Å²) in [4.78, 5) is 5.74. The first kappa shape index (κ1) is 22.5. The molecule has 30 heavy (non-hydrogen) atoms. The van der Waals surface area contributed by atoms with Gasteiger partial charge in [-0.2, -0.15) is 0 Å². The maximum Gasteiger partial charge on any atom is 0.247 e. The lowest BCUT2D eigenvalue weighted by molar-refractivity contribution is 0.516. The zero-order valence-corrected chi connectivity index (χ0v) is 18.8. The lowest BCUT2D eigenvalue weighted by atomic mass is 10.0. The monoisotopic (exact) mass is 470 g/mol. The van der Waals surface area contributed by atoms with E-state index in [2.05, 4.69) is 15.2 Å². The van der Waals surface area contributed by atoms with Crippen LogP contribution in [-0.2, 0) is 16.6 Å². The van der Waals surface area contributed by atoms with Gasteiger partial charge >= 0.3 is 0 Å². The highest BCUT2D eigenvalue weighted by Crippen LogP contribution is 2.43. The Morgan fingerprint density at radius 3 is 2.70 bits per heavy atom. The van der Waals surface area contributed by atoms with Gasteiger partial charge in [0, 0.05) is 16.4 Å². The van der Waals surface area contributed by atoms with E-state index in [4.69, 9.17) is 21.8 Å². The van der Waals surface area contributed by atoms with Crippen LogP contribution in [-0.4, -0.2) is 30.5 Å². The summed E-state index contributed by atoms with van der Waals surface area (Å²) in [5.41, 5.74) is 5.90. The number of thiophene rings is 1. The van der Waals surface area contributed by atoms with Crippen LogP contribution in [0.2, 0.25) is 5.02 Å². The molecule has 0 bridgehead atoms. The molecule has 1 aromatic carbocycles. The zero-order chi connectivity index (χ0) is 22.1. The quantitative estimate of drug-likeness (QED) is 0.293. The summed E-state index contributed by atoms with van der Waals surface area (Å²) < 4.78 is 40.6. The molecule has 0 spiro atoms. The molecule has 3 aromatic rings. The molecule has 2 atom stereocenters. The molecule has 3 N–H and O–H groups in total. The van der Waals surface area contributed by atoms with Crippen molar-refractivity contribution in [2.75, 3.05) is 5.75 Å². The fourth-order valence-electron chi connectivity index (χ4n) is 2.84. The molecule has 1 unspecified atom stereocenters. The van der Waals surface area contributed by atoms with Crippen LogP contribution >= 0.6 is 22.9 Å². The Morgan fingerprint density at radius 2 is 2.10 bits per heavy atom. The molecule has 2 aromatic heterocycles.